The van der Waals surface area contributed by atoms with Crippen LogP contribution >= 0.6 is 24.0 Å². The van der Waals surface area contributed by atoms with Crippen molar-refractivity contribution >= 4 is 29.9 Å². The number of aromatic nitrogens is 2. The fourth-order valence-electron chi connectivity index (χ4n) is 2.12. The zero-order chi connectivity index (χ0) is 16.1. The van der Waals surface area contributed by atoms with Crippen LogP contribution in [0.4, 0.5) is 0 Å². The van der Waals surface area contributed by atoms with Gasteiger partial charge in [0.15, 0.2) is 5.96 Å². The third-order valence-corrected chi connectivity index (χ3v) is 3.20. The van der Waals surface area contributed by atoms with Gasteiger partial charge >= 0.3 is 0 Å². The Bertz CT molecular complexity index is 614. The van der Waals surface area contributed by atoms with Gasteiger partial charge < -0.3 is 14.3 Å². The van der Waals surface area contributed by atoms with Gasteiger partial charge in [0.05, 0.1) is 12.5 Å². The Labute approximate surface area is 154 Å². The largest absolute Gasteiger partial charge is 0.349 e. The third kappa shape index (κ3) is 5.19. The molecule has 1 atom stereocenters. The van der Waals surface area contributed by atoms with Crippen molar-refractivity contribution in [1.82, 2.24) is 19.9 Å². The van der Waals surface area contributed by atoms with Crippen LogP contribution in [0.5, 0.6) is 0 Å². The predicted octanol–water partition coefficient (Wildman–Crippen LogP) is 2.94. The van der Waals surface area contributed by atoms with Crippen molar-refractivity contribution in [1.29, 1.82) is 0 Å². The fourth-order valence-corrected chi connectivity index (χ4v) is 2.12. The second-order valence-corrected chi connectivity index (χ2v) is 5.65. The number of aliphatic imine (C=N–C) groups is 1. The zero-order valence-electron chi connectivity index (χ0n) is 14.2. The predicted molar refractivity (Wildman–Crippen MR) is 103 cm³/mol. The summed E-state index contributed by atoms with van der Waals surface area (Å²) < 4.78 is 5.38. The van der Waals surface area contributed by atoms with E-state index in [2.05, 4.69) is 15.1 Å². The second-order valence-electron chi connectivity index (χ2n) is 5.65. The summed E-state index contributed by atoms with van der Waals surface area (Å²) in [6, 6.07) is 9.81. The van der Waals surface area contributed by atoms with Gasteiger partial charge in [0.1, 0.15) is 0 Å². The maximum atomic E-state index is 5.38. The van der Waals surface area contributed by atoms with E-state index in [9.17, 15) is 0 Å². The Kier molecular flexibility index (Phi) is 7.47. The highest BCUT2D eigenvalue weighted by molar-refractivity contribution is 14.0. The van der Waals surface area contributed by atoms with Crippen LogP contribution in [0.1, 0.15) is 18.7 Å². The van der Waals surface area contributed by atoms with E-state index in [1.807, 2.05) is 75.2 Å². The highest BCUT2D eigenvalue weighted by Gasteiger charge is 2.16. The molecule has 0 amide bonds. The van der Waals surface area contributed by atoms with Crippen molar-refractivity contribution in [2.45, 2.75) is 12.8 Å². The van der Waals surface area contributed by atoms with Crippen LogP contribution in [0.15, 0.2) is 39.8 Å². The maximum Gasteiger partial charge on any atom is 0.231 e. The molecule has 0 radical (unpaired) electrons. The molecule has 1 unspecified atom stereocenters. The van der Waals surface area contributed by atoms with Crippen LogP contribution in [-0.2, 0) is 0 Å². The molecule has 0 fully saturated rings. The monoisotopic (exact) mass is 429 g/mol. The van der Waals surface area contributed by atoms with Crippen molar-refractivity contribution in [3.63, 3.8) is 0 Å². The second kappa shape index (κ2) is 8.85. The Balaban J connectivity index is 0.00000264. The fraction of sp³-hybridized carbons (Fsp3) is 0.438. The van der Waals surface area contributed by atoms with Crippen molar-refractivity contribution in [2.24, 2.45) is 4.99 Å². The topological polar surface area (TPSA) is 57.8 Å². The maximum absolute atomic E-state index is 5.38. The summed E-state index contributed by atoms with van der Waals surface area (Å²) >= 11 is 0. The van der Waals surface area contributed by atoms with Gasteiger partial charge in [0.2, 0.25) is 11.7 Å². The molecule has 1 aromatic heterocycles. The Morgan fingerprint density at radius 1 is 1.13 bits per heavy atom. The minimum atomic E-state index is 0. The van der Waals surface area contributed by atoms with Crippen molar-refractivity contribution < 1.29 is 4.52 Å². The number of nitrogens with zero attached hydrogens (tertiary/aromatic N) is 5. The molecule has 23 heavy (non-hydrogen) atoms. The molecule has 0 aliphatic heterocycles. The molecule has 126 valence electrons. The van der Waals surface area contributed by atoms with Gasteiger partial charge in [0.25, 0.3) is 0 Å². The average molecular weight is 429 g/mol. The molecule has 1 heterocycles. The summed E-state index contributed by atoms with van der Waals surface area (Å²) in [5, 5.41) is 4.05. The summed E-state index contributed by atoms with van der Waals surface area (Å²) in [5.74, 6) is 2.21. The molecule has 0 N–H and O–H groups in total. The lowest BCUT2D eigenvalue weighted by molar-refractivity contribution is 0.360. The van der Waals surface area contributed by atoms with E-state index < -0.39 is 0 Å². The lowest BCUT2D eigenvalue weighted by Crippen LogP contribution is -2.35. The van der Waals surface area contributed by atoms with Gasteiger partial charge in [-0.15, -0.1) is 24.0 Å². The van der Waals surface area contributed by atoms with Crippen LogP contribution in [0.3, 0.4) is 0 Å². The smallest absolute Gasteiger partial charge is 0.231 e. The van der Waals surface area contributed by atoms with Gasteiger partial charge in [-0.2, -0.15) is 4.98 Å². The minimum Gasteiger partial charge on any atom is -0.349 e. The average Bonchev–Trinajstić information content (AvgIpc) is 2.97. The molecule has 0 aliphatic rings. The van der Waals surface area contributed by atoms with Crippen molar-refractivity contribution in [3.8, 4) is 11.4 Å². The molecule has 2 aromatic rings. The summed E-state index contributed by atoms with van der Waals surface area (Å²) in [6.45, 7) is 2.64. The Morgan fingerprint density at radius 3 is 2.30 bits per heavy atom. The molecular formula is C16H24IN5O. The van der Waals surface area contributed by atoms with Crippen LogP contribution in [0, 0.1) is 0 Å². The molecule has 6 nitrogen and oxygen atoms in total. The van der Waals surface area contributed by atoms with E-state index in [1.165, 1.54) is 0 Å². The molecule has 0 aliphatic carbocycles. The van der Waals surface area contributed by atoms with Gasteiger partial charge in [-0.25, -0.2) is 0 Å². The minimum absolute atomic E-state index is 0. The molecule has 0 bridgehead atoms. The number of rotatable bonds is 4. The quantitative estimate of drug-likeness (QED) is 0.425. The first-order valence-electron chi connectivity index (χ1n) is 7.27. The van der Waals surface area contributed by atoms with E-state index >= 15 is 0 Å². The number of halogens is 1. The number of hydrogen-bond acceptors (Lipinski definition) is 4. The molecule has 1 aromatic carbocycles. The summed E-state index contributed by atoms with van der Waals surface area (Å²) in [4.78, 5) is 13.1. The number of hydrogen-bond donors (Lipinski definition) is 0. The SMILES string of the molecule is CC(CN=C(N(C)C)N(C)C)c1nc(-c2ccccc2)no1.I. The molecule has 0 spiro atoms. The molecule has 2 rings (SSSR count). The highest BCUT2D eigenvalue weighted by atomic mass is 127. The van der Waals surface area contributed by atoms with Gasteiger partial charge in [-0.3, -0.25) is 4.99 Å². The van der Waals surface area contributed by atoms with E-state index in [1.54, 1.807) is 0 Å². The lowest BCUT2D eigenvalue weighted by atomic mass is 10.2. The Hall–Kier alpha value is -1.64. The first-order chi connectivity index (χ1) is 10.5. The lowest BCUT2D eigenvalue weighted by Gasteiger charge is -2.23. The summed E-state index contributed by atoms with van der Waals surface area (Å²) in [6.07, 6.45) is 0. The van der Waals surface area contributed by atoms with Crippen LogP contribution in [-0.4, -0.2) is 60.6 Å². The standard InChI is InChI=1S/C16H23N5O.HI/c1-12(11-17-16(20(2)3)21(4)5)15-18-14(19-22-15)13-9-7-6-8-10-13;/h6-10,12H,11H2,1-5H3;1H. The van der Waals surface area contributed by atoms with Gasteiger partial charge in [-0.1, -0.05) is 42.4 Å². The molecule has 0 saturated carbocycles. The summed E-state index contributed by atoms with van der Waals surface area (Å²) in [7, 11) is 7.90. The van der Waals surface area contributed by atoms with Crippen LogP contribution < -0.4 is 0 Å². The Morgan fingerprint density at radius 2 is 1.74 bits per heavy atom. The van der Waals surface area contributed by atoms with Crippen LogP contribution in [0.25, 0.3) is 11.4 Å². The van der Waals surface area contributed by atoms with E-state index in [0.717, 1.165) is 11.5 Å². The molecule has 7 heteroatoms. The van der Waals surface area contributed by atoms with Gasteiger partial charge in [0, 0.05) is 33.8 Å². The summed E-state index contributed by atoms with van der Waals surface area (Å²) in [5.41, 5.74) is 0.954. The third-order valence-electron chi connectivity index (χ3n) is 3.20. The normalized spacial score (nSPS) is 11.3. The number of benzene rings is 1. The van der Waals surface area contributed by atoms with E-state index in [4.69, 9.17) is 4.52 Å². The van der Waals surface area contributed by atoms with Crippen LogP contribution in [0.2, 0.25) is 0 Å². The van der Waals surface area contributed by atoms with E-state index in [0.29, 0.717) is 18.3 Å². The first-order valence-corrected chi connectivity index (χ1v) is 7.27. The zero-order valence-corrected chi connectivity index (χ0v) is 16.6. The highest BCUT2D eigenvalue weighted by Crippen LogP contribution is 2.19. The van der Waals surface area contributed by atoms with Crippen molar-refractivity contribution in [2.75, 3.05) is 34.7 Å². The number of guanidine groups is 1. The molecular weight excluding hydrogens is 405 g/mol. The van der Waals surface area contributed by atoms with Crippen molar-refractivity contribution in [3.05, 3.63) is 36.2 Å². The van der Waals surface area contributed by atoms with E-state index in [-0.39, 0.29) is 29.9 Å². The molecule has 0 saturated heterocycles. The first kappa shape index (κ1) is 19.4. The van der Waals surface area contributed by atoms with Gasteiger partial charge in [-0.05, 0) is 0 Å².